The molecule has 5 aliphatic rings. The molecule has 2 saturated carbocycles. The van der Waals surface area contributed by atoms with E-state index in [1.54, 1.807) is 23.1 Å². The molecule has 3 amide bonds. The van der Waals surface area contributed by atoms with Gasteiger partial charge in [0.25, 0.3) is 0 Å². The van der Waals surface area contributed by atoms with Crippen molar-refractivity contribution in [3.63, 3.8) is 0 Å². The largest absolute Gasteiger partial charge is 0.359 e. The fraction of sp³-hybridized carbons (Fsp3) is 0.607. The third-order valence-corrected chi connectivity index (χ3v) is 9.35. The molecule has 2 bridgehead atoms. The molecule has 37 heavy (non-hydrogen) atoms. The molecule has 3 heterocycles. The van der Waals surface area contributed by atoms with Gasteiger partial charge in [0.2, 0.25) is 17.7 Å². The first kappa shape index (κ1) is 25.2. The van der Waals surface area contributed by atoms with Crippen LogP contribution in [0.25, 0.3) is 0 Å². The lowest BCUT2D eigenvalue weighted by Crippen LogP contribution is -2.58. The van der Waals surface area contributed by atoms with Crippen LogP contribution in [0.3, 0.4) is 0 Å². The van der Waals surface area contributed by atoms with Crippen molar-refractivity contribution in [2.45, 2.75) is 94.0 Å². The molecule has 9 heteroatoms. The number of hydrogen-bond acceptors (Lipinski definition) is 4. The van der Waals surface area contributed by atoms with Crippen LogP contribution in [0.5, 0.6) is 0 Å². The van der Waals surface area contributed by atoms with E-state index in [2.05, 4.69) is 10.6 Å². The molecule has 2 N–H and O–H groups in total. The van der Waals surface area contributed by atoms with Crippen LogP contribution in [0.15, 0.2) is 30.4 Å². The second-order valence-electron chi connectivity index (χ2n) is 11.2. The molecule has 198 valence electrons. The summed E-state index contributed by atoms with van der Waals surface area (Å²) in [5.41, 5.74) is -0.671. The van der Waals surface area contributed by atoms with Crippen LogP contribution >= 0.6 is 23.2 Å². The number of nitrogens with one attached hydrogen (secondary N) is 2. The lowest BCUT2D eigenvalue weighted by Gasteiger charge is -2.39. The minimum absolute atomic E-state index is 0.0187. The van der Waals surface area contributed by atoms with E-state index in [0.717, 1.165) is 57.8 Å². The average Bonchev–Trinajstić information content (AvgIpc) is 3.52. The maximum atomic E-state index is 14.2. The minimum Gasteiger partial charge on any atom is -0.359 e. The first-order valence-corrected chi connectivity index (χ1v) is 14.4. The molecule has 2 saturated heterocycles. The highest BCUT2D eigenvalue weighted by molar-refractivity contribution is 6.35. The quantitative estimate of drug-likeness (QED) is 0.517. The third kappa shape index (κ3) is 4.37. The Morgan fingerprint density at radius 2 is 1.57 bits per heavy atom. The van der Waals surface area contributed by atoms with Gasteiger partial charge in [-0.3, -0.25) is 14.4 Å². The molecule has 1 spiro atoms. The van der Waals surface area contributed by atoms with Crippen LogP contribution in [0.1, 0.15) is 64.2 Å². The average molecular weight is 546 g/mol. The second kappa shape index (κ2) is 9.90. The molecule has 2 aliphatic carbocycles. The molecule has 7 nitrogen and oxygen atoms in total. The second-order valence-corrected chi connectivity index (χ2v) is 12.1. The fourth-order valence-electron chi connectivity index (χ4n) is 7.34. The number of nitrogens with zero attached hydrogens (tertiary/aromatic N) is 1. The molecular weight excluding hydrogens is 513 g/mol. The van der Waals surface area contributed by atoms with Gasteiger partial charge in [-0.2, -0.15) is 0 Å². The van der Waals surface area contributed by atoms with E-state index < -0.39 is 29.6 Å². The molecule has 4 fully saturated rings. The number of hydrogen-bond donors (Lipinski definition) is 2. The number of ether oxygens (including phenoxy) is 1. The number of anilines is 1. The molecule has 3 aliphatic heterocycles. The summed E-state index contributed by atoms with van der Waals surface area (Å²) >= 11 is 12.3. The maximum absolute atomic E-state index is 14.2. The van der Waals surface area contributed by atoms with Gasteiger partial charge in [-0.05, 0) is 43.9 Å². The molecular formula is C28H33Cl2N3O4. The molecule has 0 radical (unpaired) electrons. The molecule has 0 aromatic heterocycles. The number of rotatable bonds is 5. The number of benzene rings is 1. The maximum Gasteiger partial charge on any atom is 0.246 e. The first-order chi connectivity index (χ1) is 17.9. The van der Waals surface area contributed by atoms with Gasteiger partial charge in [-0.15, -0.1) is 0 Å². The Labute approximate surface area is 227 Å². The number of carbonyl (C=O) groups is 3. The van der Waals surface area contributed by atoms with E-state index >= 15 is 0 Å². The van der Waals surface area contributed by atoms with Crippen molar-refractivity contribution in [2.75, 3.05) is 5.32 Å². The SMILES string of the molecule is O=C(Nc1cc(Cl)cc(Cl)c1)[C@H]1[C@@H]2C=C[C@]3(O2)[C@@H]1C(=O)N(C1CCCCC1)[C@H]3C(=O)NC1CCCCC1. The van der Waals surface area contributed by atoms with E-state index in [4.69, 9.17) is 27.9 Å². The van der Waals surface area contributed by atoms with E-state index in [1.165, 1.54) is 6.42 Å². The Hall–Kier alpha value is -2.09. The Kier molecular flexibility index (Phi) is 6.74. The van der Waals surface area contributed by atoms with Crippen LogP contribution in [0, 0.1) is 11.8 Å². The smallest absolute Gasteiger partial charge is 0.246 e. The highest BCUT2D eigenvalue weighted by Gasteiger charge is 2.73. The lowest BCUT2D eigenvalue weighted by molar-refractivity contribution is -0.144. The topological polar surface area (TPSA) is 87.7 Å². The molecule has 0 unspecified atom stereocenters. The van der Waals surface area contributed by atoms with Gasteiger partial charge in [-0.25, -0.2) is 0 Å². The van der Waals surface area contributed by atoms with Crippen LogP contribution in [0.2, 0.25) is 10.0 Å². The van der Waals surface area contributed by atoms with Crippen LogP contribution < -0.4 is 10.6 Å². The van der Waals surface area contributed by atoms with Gasteiger partial charge in [0.05, 0.1) is 17.9 Å². The molecule has 1 aromatic rings. The number of amides is 3. The summed E-state index contributed by atoms with van der Waals surface area (Å²) in [5.74, 6) is -2.12. The molecule has 5 atom stereocenters. The van der Waals surface area contributed by atoms with Crippen molar-refractivity contribution in [1.29, 1.82) is 0 Å². The van der Waals surface area contributed by atoms with Crippen LogP contribution in [-0.2, 0) is 19.1 Å². The molecule has 6 rings (SSSR count). The number of fused-ring (bicyclic) bond motifs is 1. The Morgan fingerprint density at radius 1 is 0.919 bits per heavy atom. The van der Waals surface area contributed by atoms with Crippen molar-refractivity contribution in [3.05, 3.63) is 40.4 Å². The van der Waals surface area contributed by atoms with E-state index in [1.807, 2.05) is 12.2 Å². The lowest BCUT2D eigenvalue weighted by atomic mass is 9.74. The van der Waals surface area contributed by atoms with Crippen LogP contribution in [0.4, 0.5) is 5.69 Å². The van der Waals surface area contributed by atoms with Crippen molar-refractivity contribution < 1.29 is 19.1 Å². The molecule has 1 aromatic carbocycles. The zero-order valence-corrected chi connectivity index (χ0v) is 22.3. The predicted octanol–water partition coefficient (Wildman–Crippen LogP) is 4.86. The minimum atomic E-state index is -1.13. The van der Waals surface area contributed by atoms with E-state index in [0.29, 0.717) is 15.7 Å². The van der Waals surface area contributed by atoms with Gasteiger partial charge in [0.15, 0.2) is 0 Å². The number of carbonyl (C=O) groups excluding carboxylic acids is 3. The summed E-state index contributed by atoms with van der Waals surface area (Å²) in [4.78, 5) is 43.5. The standard InChI is InChI=1S/C28H33Cl2N3O4/c29-16-13-17(30)15-19(14-16)32-25(34)22-21-11-12-28(37-21)23(22)27(36)33(20-9-5-2-6-10-20)24(28)26(35)31-18-7-3-1-4-8-18/h11-15,18,20-24H,1-10H2,(H,31,35)(H,32,34)/t21-,22-,23-,24-,28-/m0/s1. The summed E-state index contributed by atoms with van der Waals surface area (Å²) in [6.07, 6.45) is 13.4. The summed E-state index contributed by atoms with van der Waals surface area (Å²) in [7, 11) is 0. The zero-order chi connectivity index (χ0) is 25.7. The summed E-state index contributed by atoms with van der Waals surface area (Å²) in [6, 6.07) is 4.17. The zero-order valence-electron chi connectivity index (χ0n) is 20.8. The summed E-state index contributed by atoms with van der Waals surface area (Å²) < 4.78 is 6.47. The predicted molar refractivity (Wildman–Crippen MR) is 141 cm³/mol. The first-order valence-electron chi connectivity index (χ1n) is 13.6. The number of halogens is 2. The van der Waals surface area contributed by atoms with E-state index in [-0.39, 0.29) is 29.8 Å². The highest BCUT2D eigenvalue weighted by Crippen LogP contribution is 2.56. The van der Waals surface area contributed by atoms with Crippen molar-refractivity contribution in [3.8, 4) is 0 Å². The van der Waals surface area contributed by atoms with Gasteiger partial charge in [0.1, 0.15) is 11.6 Å². The highest BCUT2D eigenvalue weighted by atomic mass is 35.5. The van der Waals surface area contributed by atoms with Gasteiger partial charge in [-0.1, -0.05) is 73.9 Å². The number of likely N-dealkylation sites (tertiary alicyclic amines) is 1. The summed E-state index contributed by atoms with van der Waals surface area (Å²) in [5, 5.41) is 6.96. The van der Waals surface area contributed by atoms with Gasteiger partial charge < -0.3 is 20.3 Å². The monoisotopic (exact) mass is 545 g/mol. The Balaban J connectivity index is 1.32. The Morgan fingerprint density at radius 3 is 2.24 bits per heavy atom. The van der Waals surface area contributed by atoms with Crippen molar-refractivity contribution >= 4 is 46.6 Å². The Bertz CT molecular complexity index is 1110. The van der Waals surface area contributed by atoms with E-state index in [9.17, 15) is 14.4 Å². The van der Waals surface area contributed by atoms with Crippen LogP contribution in [-0.4, -0.2) is 52.5 Å². The normalized spacial score (nSPS) is 33.6. The van der Waals surface area contributed by atoms with Gasteiger partial charge >= 0.3 is 0 Å². The van der Waals surface area contributed by atoms with Crippen molar-refractivity contribution in [2.24, 2.45) is 11.8 Å². The fourth-order valence-corrected chi connectivity index (χ4v) is 7.86. The van der Waals surface area contributed by atoms with Crippen molar-refractivity contribution in [1.82, 2.24) is 10.2 Å². The van der Waals surface area contributed by atoms with Gasteiger partial charge in [0, 0.05) is 27.8 Å². The third-order valence-electron chi connectivity index (χ3n) is 8.91. The summed E-state index contributed by atoms with van der Waals surface area (Å²) in [6.45, 7) is 0.